The number of hydrogen-bond donors (Lipinski definition) is 0. The topological polar surface area (TPSA) is 34.1 Å². The number of carbonyl (C=O) groups is 2. The lowest BCUT2D eigenvalue weighted by Crippen LogP contribution is -2.32. The highest BCUT2D eigenvalue weighted by Gasteiger charge is 2.48. The van der Waals surface area contributed by atoms with Gasteiger partial charge in [0.05, 0.1) is 5.41 Å². The van der Waals surface area contributed by atoms with Crippen molar-refractivity contribution >= 4 is 12.1 Å². The molecule has 1 aliphatic carbocycles. The second-order valence-electron chi connectivity index (χ2n) is 5.42. The first-order valence-corrected chi connectivity index (χ1v) is 5.51. The molecule has 0 saturated carbocycles. The SMILES string of the molecule is CC1(C)CC(C)(C(=O)C=O)c2ccccc21. The fourth-order valence-electron chi connectivity index (χ4n) is 2.98. The summed E-state index contributed by atoms with van der Waals surface area (Å²) in [6, 6.07) is 7.93. The molecule has 0 amide bonds. The van der Waals surface area contributed by atoms with Gasteiger partial charge in [0.1, 0.15) is 0 Å². The Hall–Kier alpha value is -1.44. The van der Waals surface area contributed by atoms with Crippen LogP contribution in [0.1, 0.15) is 38.3 Å². The van der Waals surface area contributed by atoms with Gasteiger partial charge < -0.3 is 0 Å². The zero-order valence-corrected chi connectivity index (χ0v) is 9.91. The van der Waals surface area contributed by atoms with Gasteiger partial charge in [-0.1, -0.05) is 38.1 Å². The van der Waals surface area contributed by atoms with Gasteiger partial charge in [-0.05, 0) is 29.9 Å². The summed E-state index contributed by atoms with van der Waals surface area (Å²) in [5.74, 6) is -0.314. The molecule has 1 atom stereocenters. The van der Waals surface area contributed by atoms with Crippen LogP contribution in [0.15, 0.2) is 24.3 Å². The Bertz CT molecular complexity index is 460. The van der Waals surface area contributed by atoms with Gasteiger partial charge >= 0.3 is 0 Å². The van der Waals surface area contributed by atoms with E-state index in [1.807, 2.05) is 25.1 Å². The van der Waals surface area contributed by atoms with E-state index >= 15 is 0 Å². The average Bonchev–Trinajstić information content (AvgIpc) is 2.47. The minimum absolute atomic E-state index is 0.0377. The second-order valence-corrected chi connectivity index (χ2v) is 5.42. The maximum absolute atomic E-state index is 11.8. The van der Waals surface area contributed by atoms with Crippen molar-refractivity contribution in [2.45, 2.75) is 38.0 Å². The molecule has 1 aromatic carbocycles. The van der Waals surface area contributed by atoms with Gasteiger partial charge in [0.25, 0.3) is 0 Å². The maximum Gasteiger partial charge on any atom is 0.205 e. The Kier molecular flexibility index (Phi) is 2.26. The molecule has 0 spiro atoms. The van der Waals surface area contributed by atoms with Crippen LogP contribution in [0.4, 0.5) is 0 Å². The minimum atomic E-state index is -0.637. The predicted octanol–water partition coefficient (Wildman–Crippen LogP) is 2.39. The van der Waals surface area contributed by atoms with Crippen molar-refractivity contribution in [1.29, 1.82) is 0 Å². The highest BCUT2D eigenvalue weighted by molar-refractivity contribution is 6.29. The van der Waals surface area contributed by atoms with E-state index in [1.165, 1.54) is 5.56 Å². The summed E-state index contributed by atoms with van der Waals surface area (Å²) in [4.78, 5) is 22.6. The quantitative estimate of drug-likeness (QED) is 0.562. The molecule has 2 nitrogen and oxygen atoms in total. The Labute approximate surface area is 95.7 Å². The molecule has 0 saturated heterocycles. The Balaban J connectivity index is 2.64. The van der Waals surface area contributed by atoms with Crippen molar-refractivity contribution < 1.29 is 9.59 Å². The lowest BCUT2D eigenvalue weighted by molar-refractivity contribution is -0.133. The monoisotopic (exact) mass is 216 g/mol. The third-order valence-electron chi connectivity index (χ3n) is 3.70. The molecule has 84 valence electrons. The molecule has 0 heterocycles. The van der Waals surface area contributed by atoms with E-state index in [1.54, 1.807) is 0 Å². The van der Waals surface area contributed by atoms with E-state index < -0.39 is 5.41 Å². The molecule has 0 aromatic heterocycles. The maximum atomic E-state index is 11.8. The zero-order valence-electron chi connectivity index (χ0n) is 9.91. The summed E-state index contributed by atoms with van der Waals surface area (Å²) < 4.78 is 0. The summed E-state index contributed by atoms with van der Waals surface area (Å²) >= 11 is 0. The van der Waals surface area contributed by atoms with E-state index in [0.717, 1.165) is 5.56 Å². The number of hydrogen-bond acceptors (Lipinski definition) is 2. The van der Waals surface area contributed by atoms with Crippen molar-refractivity contribution in [2.24, 2.45) is 0 Å². The Morgan fingerprint density at radius 2 is 1.75 bits per heavy atom. The van der Waals surface area contributed by atoms with E-state index in [-0.39, 0.29) is 11.2 Å². The van der Waals surface area contributed by atoms with Crippen LogP contribution in [-0.4, -0.2) is 12.1 Å². The molecule has 0 aliphatic heterocycles. The fraction of sp³-hybridized carbons (Fsp3) is 0.429. The lowest BCUT2D eigenvalue weighted by Gasteiger charge is -2.23. The molecular formula is C14H16O2. The zero-order chi connectivity index (χ0) is 12.0. The highest BCUT2D eigenvalue weighted by atomic mass is 16.2. The van der Waals surface area contributed by atoms with E-state index in [9.17, 15) is 9.59 Å². The van der Waals surface area contributed by atoms with Crippen molar-refractivity contribution in [3.05, 3.63) is 35.4 Å². The number of Topliss-reactive ketones (excluding diaryl/α,β-unsaturated/α-hetero) is 1. The predicted molar refractivity (Wildman–Crippen MR) is 62.5 cm³/mol. The first-order valence-electron chi connectivity index (χ1n) is 5.51. The average molecular weight is 216 g/mol. The number of benzene rings is 1. The van der Waals surface area contributed by atoms with E-state index in [4.69, 9.17) is 0 Å². The Morgan fingerprint density at radius 3 is 2.31 bits per heavy atom. The van der Waals surface area contributed by atoms with Crippen LogP contribution < -0.4 is 0 Å². The molecule has 0 radical (unpaired) electrons. The molecule has 1 aromatic rings. The molecule has 0 bridgehead atoms. The van der Waals surface area contributed by atoms with Gasteiger partial charge in [0.2, 0.25) is 5.78 Å². The molecule has 1 aliphatic rings. The summed E-state index contributed by atoms with van der Waals surface area (Å²) in [7, 11) is 0. The van der Waals surface area contributed by atoms with Crippen molar-refractivity contribution in [3.63, 3.8) is 0 Å². The van der Waals surface area contributed by atoms with Gasteiger partial charge in [-0.2, -0.15) is 0 Å². The van der Waals surface area contributed by atoms with Crippen LogP contribution in [-0.2, 0) is 20.4 Å². The molecule has 2 heteroatoms. The van der Waals surface area contributed by atoms with Crippen LogP contribution in [0.3, 0.4) is 0 Å². The number of carbonyl (C=O) groups excluding carboxylic acids is 2. The first-order chi connectivity index (χ1) is 7.42. The first kappa shape index (κ1) is 11.1. The molecule has 0 fully saturated rings. The third-order valence-corrected chi connectivity index (χ3v) is 3.70. The number of aldehydes is 1. The summed E-state index contributed by atoms with van der Waals surface area (Å²) in [6.07, 6.45) is 1.16. The van der Waals surface area contributed by atoms with Crippen LogP contribution in [0.5, 0.6) is 0 Å². The summed E-state index contributed by atoms with van der Waals surface area (Å²) in [6.45, 7) is 6.11. The summed E-state index contributed by atoms with van der Waals surface area (Å²) in [5.41, 5.74) is 1.52. The molecule has 2 rings (SSSR count). The largest absolute Gasteiger partial charge is 0.295 e. The van der Waals surface area contributed by atoms with Gasteiger partial charge in [0.15, 0.2) is 6.29 Å². The van der Waals surface area contributed by atoms with Crippen LogP contribution in [0.25, 0.3) is 0 Å². The van der Waals surface area contributed by atoms with Crippen molar-refractivity contribution in [2.75, 3.05) is 0 Å². The van der Waals surface area contributed by atoms with Gasteiger partial charge in [0, 0.05) is 0 Å². The minimum Gasteiger partial charge on any atom is -0.295 e. The van der Waals surface area contributed by atoms with Crippen LogP contribution >= 0.6 is 0 Å². The highest BCUT2D eigenvalue weighted by Crippen LogP contribution is 2.49. The van der Waals surface area contributed by atoms with E-state index in [2.05, 4.69) is 19.9 Å². The fourth-order valence-corrected chi connectivity index (χ4v) is 2.98. The molecular weight excluding hydrogens is 200 g/mol. The van der Waals surface area contributed by atoms with Gasteiger partial charge in [-0.15, -0.1) is 0 Å². The van der Waals surface area contributed by atoms with E-state index in [0.29, 0.717) is 12.7 Å². The van der Waals surface area contributed by atoms with Gasteiger partial charge in [-0.25, -0.2) is 0 Å². The normalized spacial score (nSPS) is 26.2. The number of rotatable bonds is 2. The van der Waals surface area contributed by atoms with Crippen molar-refractivity contribution in [3.8, 4) is 0 Å². The van der Waals surface area contributed by atoms with Crippen molar-refractivity contribution in [1.82, 2.24) is 0 Å². The molecule has 1 unspecified atom stereocenters. The molecule has 0 N–H and O–H groups in total. The second kappa shape index (κ2) is 3.27. The number of fused-ring (bicyclic) bond motifs is 1. The van der Waals surface area contributed by atoms with Gasteiger partial charge in [-0.3, -0.25) is 9.59 Å². The van der Waals surface area contributed by atoms with Crippen LogP contribution in [0.2, 0.25) is 0 Å². The van der Waals surface area contributed by atoms with Crippen LogP contribution in [0, 0.1) is 0 Å². The number of ketones is 1. The summed E-state index contributed by atoms with van der Waals surface area (Å²) in [5, 5.41) is 0. The Morgan fingerprint density at radius 1 is 1.19 bits per heavy atom. The third kappa shape index (κ3) is 1.33. The smallest absolute Gasteiger partial charge is 0.205 e. The lowest BCUT2D eigenvalue weighted by atomic mass is 9.77. The standard InChI is InChI=1S/C14H16O2/c1-13(2)9-14(3,12(16)8-15)11-7-5-4-6-10(11)13/h4-8H,9H2,1-3H3. The molecule has 16 heavy (non-hydrogen) atoms.